The minimum atomic E-state index is -4.46. The number of benzene rings is 1. The highest BCUT2D eigenvalue weighted by molar-refractivity contribution is 6.00. The second-order valence-electron chi connectivity index (χ2n) is 9.11. The molecule has 2 aliphatic heterocycles. The van der Waals surface area contributed by atoms with Crippen LogP contribution in [-0.4, -0.2) is 95.9 Å². The number of piperazine rings is 1. The van der Waals surface area contributed by atoms with Gasteiger partial charge in [0.05, 0.1) is 31.2 Å². The standard InChI is InChI=1S/C25H28F3N5O3/c1-36-21-13-18(12-17-2-4-32(16-25(26,27)28)24(35)23(17)21)20-15-29-22-14-19(3-5-33(20)22)31-8-6-30(7-9-31)10-11-34/h3,5,12-15,34H,2,4,6-11,16H2,1H3. The van der Waals surface area contributed by atoms with Crippen molar-refractivity contribution in [2.24, 2.45) is 0 Å². The van der Waals surface area contributed by atoms with Crippen molar-refractivity contribution in [3.8, 4) is 17.0 Å². The third kappa shape index (κ3) is 4.72. The van der Waals surface area contributed by atoms with Crippen LogP contribution >= 0.6 is 0 Å². The van der Waals surface area contributed by atoms with E-state index in [0.717, 1.165) is 53.7 Å². The van der Waals surface area contributed by atoms with Crippen LogP contribution < -0.4 is 9.64 Å². The number of methoxy groups -OCH3 is 1. The van der Waals surface area contributed by atoms with Crippen LogP contribution in [0.2, 0.25) is 0 Å². The van der Waals surface area contributed by atoms with Crippen molar-refractivity contribution in [3.63, 3.8) is 0 Å². The van der Waals surface area contributed by atoms with Gasteiger partial charge < -0.3 is 19.6 Å². The molecule has 0 saturated carbocycles. The molecule has 0 bridgehead atoms. The summed E-state index contributed by atoms with van der Waals surface area (Å²) in [5, 5.41) is 9.15. The number of amides is 1. The Hall–Kier alpha value is -3.31. The van der Waals surface area contributed by atoms with Gasteiger partial charge in [0.1, 0.15) is 17.9 Å². The van der Waals surface area contributed by atoms with E-state index < -0.39 is 18.6 Å². The van der Waals surface area contributed by atoms with Crippen molar-refractivity contribution < 1.29 is 27.8 Å². The number of rotatable bonds is 6. The summed E-state index contributed by atoms with van der Waals surface area (Å²) in [7, 11) is 1.41. The molecule has 2 aromatic heterocycles. The predicted molar refractivity (Wildman–Crippen MR) is 129 cm³/mol. The SMILES string of the molecule is COc1cc(-c2cnc3cc(N4CCN(CCO)CC4)ccn23)cc2c1C(=O)N(CC(F)(F)F)CC2. The first-order valence-electron chi connectivity index (χ1n) is 11.9. The number of fused-ring (bicyclic) bond motifs is 2. The van der Waals surface area contributed by atoms with Gasteiger partial charge in [0.25, 0.3) is 5.91 Å². The third-order valence-electron chi connectivity index (χ3n) is 6.87. The third-order valence-corrected chi connectivity index (χ3v) is 6.87. The molecular formula is C25H28F3N5O3. The number of hydrogen-bond donors (Lipinski definition) is 1. The molecule has 1 fully saturated rings. The number of aromatic nitrogens is 2. The summed E-state index contributed by atoms with van der Waals surface area (Å²) in [6.07, 6.45) is -0.442. The van der Waals surface area contributed by atoms with Gasteiger partial charge in [-0.05, 0) is 30.2 Å². The zero-order valence-corrected chi connectivity index (χ0v) is 20.0. The van der Waals surface area contributed by atoms with Gasteiger partial charge in [-0.15, -0.1) is 0 Å². The minimum absolute atomic E-state index is 0.0000309. The molecule has 1 saturated heterocycles. The molecule has 3 aromatic rings. The van der Waals surface area contributed by atoms with Gasteiger partial charge in [0.2, 0.25) is 0 Å². The van der Waals surface area contributed by atoms with Crippen LogP contribution in [0.5, 0.6) is 5.75 Å². The van der Waals surface area contributed by atoms with Crippen LogP contribution in [0.3, 0.4) is 0 Å². The maximum atomic E-state index is 12.9. The summed E-state index contributed by atoms with van der Waals surface area (Å²) in [6, 6.07) is 7.59. The van der Waals surface area contributed by atoms with Gasteiger partial charge >= 0.3 is 6.18 Å². The lowest BCUT2D eigenvalue weighted by Gasteiger charge is -2.35. The second kappa shape index (κ2) is 9.62. The first kappa shape index (κ1) is 24.4. The number of anilines is 1. The summed E-state index contributed by atoms with van der Waals surface area (Å²) in [4.78, 5) is 22.8. The highest BCUT2D eigenvalue weighted by Crippen LogP contribution is 2.35. The van der Waals surface area contributed by atoms with Crippen LogP contribution in [-0.2, 0) is 6.42 Å². The van der Waals surface area contributed by atoms with Crippen molar-refractivity contribution in [1.82, 2.24) is 19.2 Å². The van der Waals surface area contributed by atoms with Gasteiger partial charge in [-0.2, -0.15) is 13.2 Å². The van der Waals surface area contributed by atoms with Gasteiger partial charge in [0.15, 0.2) is 0 Å². The number of pyridine rings is 1. The summed E-state index contributed by atoms with van der Waals surface area (Å²) < 4.78 is 46.2. The van der Waals surface area contributed by atoms with Crippen LogP contribution in [0.4, 0.5) is 18.9 Å². The first-order valence-corrected chi connectivity index (χ1v) is 11.9. The number of nitrogens with zero attached hydrogens (tertiary/aromatic N) is 5. The Morgan fingerprint density at radius 2 is 1.89 bits per heavy atom. The number of aliphatic hydroxyl groups excluding tert-OH is 1. The molecule has 1 amide bonds. The molecule has 8 nitrogen and oxygen atoms in total. The molecule has 0 radical (unpaired) electrons. The number of β-amino-alcohol motifs (C(OH)–C–C–N with tert-alkyl or cyclic N) is 1. The van der Waals surface area contributed by atoms with Crippen LogP contribution in [0.25, 0.3) is 16.9 Å². The lowest BCUT2D eigenvalue weighted by molar-refractivity contribution is -0.141. The average molecular weight is 504 g/mol. The zero-order valence-electron chi connectivity index (χ0n) is 20.0. The predicted octanol–water partition coefficient (Wildman–Crippen LogP) is 2.68. The van der Waals surface area contributed by atoms with E-state index in [-0.39, 0.29) is 24.5 Å². The maximum absolute atomic E-state index is 12.9. The van der Waals surface area contributed by atoms with E-state index in [4.69, 9.17) is 9.84 Å². The van der Waals surface area contributed by atoms with Gasteiger partial charge in [-0.25, -0.2) is 4.98 Å². The number of carbonyl (C=O) groups excluding carboxylic acids is 1. The Morgan fingerprint density at radius 3 is 2.58 bits per heavy atom. The van der Waals surface area contributed by atoms with E-state index in [1.807, 2.05) is 28.8 Å². The Kier molecular flexibility index (Phi) is 6.52. The van der Waals surface area contributed by atoms with E-state index in [2.05, 4.69) is 14.8 Å². The van der Waals surface area contributed by atoms with Crippen LogP contribution in [0, 0.1) is 0 Å². The van der Waals surface area contributed by atoms with Crippen LogP contribution in [0.1, 0.15) is 15.9 Å². The molecule has 0 aliphatic carbocycles. The molecule has 1 N–H and O–H groups in total. The van der Waals surface area contributed by atoms with Crippen molar-refractivity contribution in [3.05, 3.63) is 47.8 Å². The Balaban J connectivity index is 1.42. The van der Waals surface area contributed by atoms with Gasteiger partial charge in [0, 0.05) is 62.8 Å². The molecule has 0 atom stereocenters. The highest BCUT2D eigenvalue weighted by Gasteiger charge is 2.37. The molecule has 2 aliphatic rings. The fourth-order valence-corrected chi connectivity index (χ4v) is 5.06. The quantitative estimate of drug-likeness (QED) is 0.558. The molecule has 0 unspecified atom stereocenters. The summed E-state index contributed by atoms with van der Waals surface area (Å²) in [5.74, 6) is -0.412. The number of halogens is 3. The second-order valence-corrected chi connectivity index (χ2v) is 9.11. The number of imidazole rings is 1. The lowest BCUT2D eigenvalue weighted by Crippen LogP contribution is -2.47. The highest BCUT2D eigenvalue weighted by atomic mass is 19.4. The van der Waals surface area contributed by atoms with E-state index in [9.17, 15) is 18.0 Å². The molecule has 4 heterocycles. The number of aliphatic hydroxyl groups is 1. The van der Waals surface area contributed by atoms with E-state index >= 15 is 0 Å². The minimum Gasteiger partial charge on any atom is -0.496 e. The number of alkyl halides is 3. The van der Waals surface area contributed by atoms with Crippen molar-refractivity contribution in [2.45, 2.75) is 12.6 Å². The molecule has 0 spiro atoms. The molecule has 11 heteroatoms. The number of hydrogen-bond acceptors (Lipinski definition) is 6. The normalized spacial score (nSPS) is 17.1. The zero-order chi connectivity index (χ0) is 25.4. The van der Waals surface area contributed by atoms with Crippen LogP contribution in [0.15, 0.2) is 36.7 Å². The Labute approximate surface area is 206 Å². The molecule has 192 valence electrons. The topological polar surface area (TPSA) is 73.5 Å². The van der Waals surface area contributed by atoms with Gasteiger partial charge in [-0.3, -0.25) is 14.1 Å². The Bertz CT molecular complexity index is 1250. The van der Waals surface area contributed by atoms with Gasteiger partial charge in [-0.1, -0.05) is 0 Å². The summed E-state index contributed by atoms with van der Waals surface area (Å²) >= 11 is 0. The summed E-state index contributed by atoms with van der Waals surface area (Å²) in [5.41, 5.74) is 4.27. The first-order chi connectivity index (χ1) is 17.3. The largest absolute Gasteiger partial charge is 0.496 e. The molecule has 5 rings (SSSR count). The van der Waals surface area contributed by atoms with E-state index in [1.165, 1.54) is 7.11 Å². The van der Waals surface area contributed by atoms with Crippen molar-refractivity contribution in [2.75, 3.05) is 64.4 Å². The molecular weight excluding hydrogens is 475 g/mol. The monoisotopic (exact) mass is 503 g/mol. The van der Waals surface area contributed by atoms with Crippen molar-refractivity contribution in [1.29, 1.82) is 0 Å². The van der Waals surface area contributed by atoms with Crippen molar-refractivity contribution >= 4 is 17.2 Å². The van der Waals surface area contributed by atoms with E-state index in [1.54, 1.807) is 12.3 Å². The average Bonchev–Trinajstić information content (AvgIpc) is 3.28. The maximum Gasteiger partial charge on any atom is 0.406 e. The smallest absolute Gasteiger partial charge is 0.406 e. The summed E-state index contributed by atoms with van der Waals surface area (Å²) in [6.45, 7) is 3.08. The lowest BCUT2D eigenvalue weighted by atomic mass is 9.94. The molecule has 1 aromatic carbocycles. The Morgan fingerprint density at radius 1 is 1.11 bits per heavy atom. The van der Waals surface area contributed by atoms with E-state index in [0.29, 0.717) is 18.5 Å². The fourth-order valence-electron chi connectivity index (χ4n) is 5.06. The number of ether oxygens (including phenoxy) is 1. The molecule has 36 heavy (non-hydrogen) atoms. The fraction of sp³-hybridized carbons (Fsp3) is 0.440. The number of carbonyl (C=O) groups is 1.